The largest absolute Gasteiger partial charge is 0.416 e. The van der Waals surface area contributed by atoms with Gasteiger partial charge in [0.05, 0.1) is 17.5 Å². The lowest BCUT2D eigenvalue weighted by molar-refractivity contribution is -0.141. The van der Waals surface area contributed by atoms with Gasteiger partial charge >= 0.3 is 6.18 Å². The molecule has 0 unspecified atom stereocenters. The molecule has 2 amide bonds. The number of sulfonamides is 1. The molecule has 0 aliphatic rings. The smallest absolute Gasteiger partial charge is 0.357 e. The summed E-state index contributed by atoms with van der Waals surface area (Å²) in [5.41, 5.74) is 0.428. The fourth-order valence-electron chi connectivity index (χ4n) is 4.35. The summed E-state index contributed by atoms with van der Waals surface area (Å²) in [4.78, 5) is 28.1. The predicted molar refractivity (Wildman–Crippen MR) is 153 cm³/mol. The molecule has 0 radical (unpaired) electrons. The number of carbonyl (C=O) groups is 2. The number of alkyl halides is 3. The van der Waals surface area contributed by atoms with E-state index in [1.807, 2.05) is 30.3 Å². The van der Waals surface area contributed by atoms with E-state index in [4.69, 9.17) is 11.6 Å². The Morgan fingerprint density at radius 2 is 1.61 bits per heavy atom. The van der Waals surface area contributed by atoms with E-state index in [2.05, 4.69) is 5.32 Å². The minimum absolute atomic E-state index is 0.00503. The van der Waals surface area contributed by atoms with Crippen molar-refractivity contribution >= 4 is 39.1 Å². The number of hydrogen-bond donors (Lipinski definition) is 1. The van der Waals surface area contributed by atoms with E-state index >= 15 is 0 Å². The van der Waals surface area contributed by atoms with Crippen molar-refractivity contribution in [3.8, 4) is 0 Å². The monoisotopic (exact) mass is 609 g/mol. The molecule has 0 spiro atoms. The van der Waals surface area contributed by atoms with Crippen LogP contribution in [-0.4, -0.2) is 51.0 Å². The third-order valence-electron chi connectivity index (χ3n) is 6.40. The zero-order chi connectivity index (χ0) is 30.2. The Hall–Kier alpha value is -3.57. The number of nitrogens with zero attached hydrogens (tertiary/aromatic N) is 2. The molecule has 7 nitrogen and oxygen atoms in total. The average molecular weight is 610 g/mol. The van der Waals surface area contributed by atoms with Gasteiger partial charge in [-0.2, -0.15) is 13.2 Å². The van der Waals surface area contributed by atoms with E-state index in [0.29, 0.717) is 5.02 Å². The molecule has 0 aliphatic heterocycles. The topological polar surface area (TPSA) is 86.8 Å². The third-order valence-corrected chi connectivity index (χ3v) is 7.84. The van der Waals surface area contributed by atoms with Gasteiger partial charge in [0.1, 0.15) is 6.04 Å². The lowest BCUT2D eigenvalue weighted by atomic mass is 10.0. The summed E-state index contributed by atoms with van der Waals surface area (Å²) in [6.45, 7) is -0.145. The fraction of sp³-hybridized carbons (Fsp3) is 0.310. The standard InChI is InChI=1S/C29H31ClF3N3O4S/c1-34-28(38)26(18-21-8-4-3-5-9-21)35(20-22-13-15-24(30)16-14-22)27(37)12-7-17-36(41(2,39)40)25-11-6-10-23(19-25)29(31,32)33/h3-6,8-11,13-16,19,26H,7,12,17-18,20H2,1-2H3,(H,34,38)/t26-/m0/s1. The van der Waals surface area contributed by atoms with Crippen molar-refractivity contribution in [1.29, 1.82) is 0 Å². The average Bonchev–Trinajstić information content (AvgIpc) is 2.93. The molecule has 0 aliphatic carbocycles. The van der Waals surface area contributed by atoms with E-state index in [9.17, 15) is 31.2 Å². The zero-order valence-electron chi connectivity index (χ0n) is 22.6. The summed E-state index contributed by atoms with van der Waals surface area (Å²) in [6.07, 6.45) is -3.67. The summed E-state index contributed by atoms with van der Waals surface area (Å²) >= 11 is 6.01. The lowest BCUT2D eigenvalue weighted by Crippen LogP contribution is -2.49. The minimum atomic E-state index is -4.65. The summed E-state index contributed by atoms with van der Waals surface area (Å²) in [5.74, 6) is -0.792. The van der Waals surface area contributed by atoms with Crippen molar-refractivity contribution in [2.45, 2.75) is 38.0 Å². The number of nitrogens with one attached hydrogen (secondary N) is 1. The maximum absolute atomic E-state index is 13.6. The van der Waals surface area contributed by atoms with Crippen LogP contribution in [0.25, 0.3) is 0 Å². The van der Waals surface area contributed by atoms with Gasteiger partial charge in [0.15, 0.2) is 0 Å². The quantitative estimate of drug-likeness (QED) is 0.302. The number of halogens is 4. The number of amides is 2. The third kappa shape index (κ3) is 9.22. The van der Waals surface area contributed by atoms with Gasteiger partial charge in [-0.05, 0) is 47.9 Å². The van der Waals surface area contributed by atoms with Gasteiger partial charge < -0.3 is 10.2 Å². The molecule has 0 heterocycles. The second-order valence-corrected chi connectivity index (χ2v) is 11.8. The molecule has 12 heteroatoms. The summed E-state index contributed by atoms with van der Waals surface area (Å²) < 4.78 is 65.6. The van der Waals surface area contributed by atoms with Gasteiger partial charge in [-0.1, -0.05) is 60.1 Å². The Morgan fingerprint density at radius 3 is 2.20 bits per heavy atom. The highest BCUT2D eigenvalue weighted by Crippen LogP contribution is 2.32. The van der Waals surface area contributed by atoms with Crippen molar-refractivity contribution in [2.75, 3.05) is 24.2 Å². The summed E-state index contributed by atoms with van der Waals surface area (Å²) in [7, 11) is -2.48. The number of anilines is 1. The van der Waals surface area contributed by atoms with E-state index in [-0.39, 0.29) is 43.9 Å². The Bertz CT molecular complexity index is 1440. The van der Waals surface area contributed by atoms with Crippen LogP contribution < -0.4 is 9.62 Å². The fourth-order valence-corrected chi connectivity index (χ4v) is 5.43. The number of likely N-dealkylation sites (N-methyl/N-ethyl adjacent to an activating group) is 1. The molecular formula is C29H31ClF3N3O4S. The molecule has 0 fully saturated rings. The van der Waals surface area contributed by atoms with Crippen molar-refractivity contribution in [3.05, 3.63) is 101 Å². The van der Waals surface area contributed by atoms with Gasteiger partial charge in [0.25, 0.3) is 0 Å². The molecular weight excluding hydrogens is 579 g/mol. The second-order valence-electron chi connectivity index (χ2n) is 9.45. The first kappa shape index (κ1) is 32.0. The first-order valence-corrected chi connectivity index (χ1v) is 15.0. The van der Waals surface area contributed by atoms with E-state index < -0.39 is 33.7 Å². The van der Waals surface area contributed by atoms with Crippen LogP contribution in [-0.2, 0) is 38.8 Å². The number of rotatable bonds is 12. The normalized spacial score (nSPS) is 12.4. The molecule has 0 saturated carbocycles. The zero-order valence-corrected chi connectivity index (χ0v) is 24.1. The van der Waals surface area contributed by atoms with Crippen molar-refractivity contribution in [2.24, 2.45) is 0 Å². The highest BCUT2D eigenvalue weighted by Gasteiger charge is 2.32. The van der Waals surface area contributed by atoms with E-state index in [1.165, 1.54) is 18.0 Å². The number of carbonyl (C=O) groups excluding carboxylic acids is 2. The molecule has 0 aromatic heterocycles. The van der Waals surface area contributed by atoms with Crippen molar-refractivity contribution in [3.63, 3.8) is 0 Å². The van der Waals surface area contributed by atoms with Crippen LogP contribution >= 0.6 is 11.6 Å². The number of benzene rings is 3. The summed E-state index contributed by atoms with van der Waals surface area (Å²) in [6, 6.07) is 19.2. The molecule has 1 N–H and O–H groups in total. The summed E-state index contributed by atoms with van der Waals surface area (Å²) in [5, 5.41) is 3.12. The van der Waals surface area contributed by atoms with Crippen LogP contribution in [0.3, 0.4) is 0 Å². The molecule has 0 bridgehead atoms. The highest BCUT2D eigenvalue weighted by molar-refractivity contribution is 7.92. The van der Waals surface area contributed by atoms with E-state index in [0.717, 1.165) is 39.9 Å². The molecule has 3 rings (SSSR count). The van der Waals surface area contributed by atoms with Crippen LogP contribution in [0.15, 0.2) is 78.9 Å². The second kappa shape index (κ2) is 13.9. The maximum Gasteiger partial charge on any atom is 0.416 e. The first-order chi connectivity index (χ1) is 19.3. The van der Waals surface area contributed by atoms with Crippen molar-refractivity contribution < 1.29 is 31.2 Å². The number of hydrogen-bond acceptors (Lipinski definition) is 4. The van der Waals surface area contributed by atoms with Crippen LogP contribution in [0.1, 0.15) is 29.5 Å². The minimum Gasteiger partial charge on any atom is -0.357 e. The predicted octanol–water partition coefficient (Wildman–Crippen LogP) is 5.29. The SMILES string of the molecule is CNC(=O)[C@H](Cc1ccccc1)N(Cc1ccc(Cl)cc1)C(=O)CCCN(c1cccc(C(F)(F)F)c1)S(C)(=O)=O. The molecule has 3 aromatic carbocycles. The van der Waals surface area contributed by atoms with E-state index in [1.54, 1.807) is 24.3 Å². The Labute approximate surface area is 243 Å². The van der Waals surface area contributed by atoms with Crippen LogP contribution in [0.5, 0.6) is 0 Å². The molecule has 1 atom stereocenters. The van der Waals surface area contributed by atoms with Gasteiger partial charge in [0.2, 0.25) is 21.8 Å². The highest BCUT2D eigenvalue weighted by atomic mass is 35.5. The van der Waals surface area contributed by atoms with Gasteiger partial charge in [-0.25, -0.2) is 8.42 Å². The molecule has 220 valence electrons. The van der Waals surface area contributed by atoms with Gasteiger partial charge in [-0.3, -0.25) is 13.9 Å². The van der Waals surface area contributed by atoms with Crippen LogP contribution in [0, 0.1) is 0 Å². The van der Waals surface area contributed by atoms with Crippen molar-refractivity contribution in [1.82, 2.24) is 10.2 Å². The Balaban J connectivity index is 1.85. The van der Waals surface area contributed by atoms with Gasteiger partial charge in [-0.15, -0.1) is 0 Å². The molecule has 41 heavy (non-hydrogen) atoms. The first-order valence-electron chi connectivity index (χ1n) is 12.7. The maximum atomic E-state index is 13.6. The lowest BCUT2D eigenvalue weighted by Gasteiger charge is -2.31. The Morgan fingerprint density at radius 1 is 0.951 bits per heavy atom. The Kier molecular flexibility index (Phi) is 10.8. The van der Waals surface area contributed by atoms with Gasteiger partial charge in [0, 0.05) is 38.0 Å². The molecule has 0 saturated heterocycles. The van der Waals surface area contributed by atoms with Crippen LogP contribution in [0.4, 0.5) is 18.9 Å². The van der Waals surface area contributed by atoms with Crippen LogP contribution in [0.2, 0.25) is 5.02 Å². The molecule has 3 aromatic rings.